The molecule has 3 aromatic rings. The van der Waals surface area contributed by atoms with Crippen molar-refractivity contribution in [3.63, 3.8) is 0 Å². The van der Waals surface area contributed by atoms with Gasteiger partial charge in [-0.2, -0.15) is 0 Å². The fraction of sp³-hybridized carbons (Fsp3) is 0. The molecule has 27 heavy (non-hydrogen) atoms. The summed E-state index contributed by atoms with van der Waals surface area (Å²) in [4.78, 5) is 31.3. The molecule has 0 aliphatic rings. The van der Waals surface area contributed by atoms with E-state index in [0.717, 1.165) is 6.07 Å². The zero-order valence-corrected chi connectivity index (χ0v) is 13.7. The Hall–Kier alpha value is -1.68. The standard InChI is InChI=1S/C18H10ClFN2O4.K.H/c19-9-3-4-10(13(20)8-9)16-14(18(25)26)11(5-7-22-16)15-12(17(23)24)2-1-6-21-15;;/h1-8H,(H,23,24)(H,25,26);;. The van der Waals surface area contributed by atoms with Crippen LogP contribution in [0, 0.1) is 5.82 Å². The van der Waals surface area contributed by atoms with Gasteiger partial charge in [-0.15, -0.1) is 0 Å². The Morgan fingerprint density at radius 1 is 0.926 bits per heavy atom. The van der Waals surface area contributed by atoms with Crippen LogP contribution in [-0.4, -0.2) is 83.5 Å². The predicted molar refractivity (Wildman–Crippen MR) is 98.9 cm³/mol. The number of pyridine rings is 2. The number of aromatic nitrogens is 2. The maximum atomic E-state index is 14.3. The zero-order valence-electron chi connectivity index (χ0n) is 13.0. The van der Waals surface area contributed by atoms with E-state index in [1.807, 2.05) is 0 Å². The Bertz CT molecular complexity index is 1050. The number of nitrogens with zero attached hydrogens (tertiary/aromatic N) is 2. The first kappa shape index (κ1) is 21.6. The number of carbonyl (C=O) groups is 2. The number of carboxylic acid groups (broad SMARTS) is 2. The van der Waals surface area contributed by atoms with Gasteiger partial charge in [0.2, 0.25) is 0 Å². The molecule has 0 aliphatic heterocycles. The molecule has 0 saturated heterocycles. The van der Waals surface area contributed by atoms with E-state index in [1.165, 1.54) is 42.7 Å². The van der Waals surface area contributed by atoms with Gasteiger partial charge >= 0.3 is 63.3 Å². The van der Waals surface area contributed by atoms with E-state index in [0.29, 0.717) is 0 Å². The first-order valence-electron chi connectivity index (χ1n) is 7.26. The summed E-state index contributed by atoms with van der Waals surface area (Å²) >= 11 is 5.74. The Labute approximate surface area is 200 Å². The summed E-state index contributed by atoms with van der Waals surface area (Å²) in [5.74, 6) is -3.40. The Morgan fingerprint density at radius 2 is 1.63 bits per heavy atom. The van der Waals surface area contributed by atoms with E-state index in [9.17, 15) is 24.2 Å². The molecular weight excluding hydrogens is 402 g/mol. The molecule has 0 fully saturated rings. The Kier molecular flexibility index (Phi) is 7.21. The van der Waals surface area contributed by atoms with Crippen molar-refractivity contribution in [3.8, 4) is 22.5 Å². The van der Waals surface area contributed by atoms with Gasteiger partial charge in [0.05, 0.1) is 22.5 Å². The molecule has 0 atom stereocenters. The van der Waals surface area contributed by atoms with Gasteiger partial charge in [-0.25, -0.2) is 14.0 Å². The van der Waals surface area contributed by atoms with Crippen molar-refractivity contribution in [1.29, 1.82) is 0 Å². The van der Waals surface area contributed by atoms with Crippen molar-refractivity contribution in [3.05, 3.63) is 70.8 Å². The van der Waals surface area contributed by atoms with Crippen molar-refractivity contribution in [2.24, 2.45) is 0 Å². The molecule has 2 N–H and O–H groups in total. The topological polar surface area (TPSA) is 100 Å². The van der Waals surface area contributed by atoms with Crippen LogP contribution in [0.25, 0.3) is 22.5 Å². The number of aromatic carboxylic acids is 2. The van der Waals surface area contributed by atoms with Gasteiger partial charge in [0.1, 0.15) is 5.82 Å². The SMILES string of the molecule is O=C(O)c1cccnc1-c1ccnc(-c2ccc(Cl)cc2F)c1C(=O)O.[KH]. The second-order valence-corrected chi connectivity index (χ2v) is 5.65. The summed E-state index contributed by atoms with van der Waals surface area (Å²) in [6.07, 6.45) is 2.61. The number of halogens is 2. The molecule has 0 bridgehead atoms. The van der Waals surface area contributed by atoms with Gasteiger partial charge in [0.25, 0.3) is 0 Å². The van der Waals surface area contributed by atoms with Crippen molar-refractivity contribution >= 4 is 74.9 Å². The number of hydrogen-bond acceptors (Lipinski definition) is 4. The number of rotatable bonds is 4. The average Bonchev–Trinajstić information content (AvgIpc) is 2.61. The molecular formula is C18H11ClFKN2O4. The van der Waals surface area contributed by atoms with Gasteiger partial charge in [0, 0.05) is 28.5 Å². The number of carboxylic acids is 2. The second kappa shape index (κ2) is 9.00. The van der Waals surface area contributed by atoms with E-state index in [4.69, 9.17) is 11.6 Å². The van der Waals surface area contributed by atoms with Gasteiger partial charge in [0.15, 0.2) is 0 Å². The van der Waals surface area contributed by atoms with Crippen LogP contribution >= 0.6 is 11.6 Å². The normalized spacial score (nSPS) is 10.1. The van der Waals surface area contributed by atoms with Crippen LogP contribution in [-0.2, 0) is 0 Å². The molecule has 0 saturated carbocycles. The second-order valence-electron chi connectivity index (χ2n) is 5.22. The third-order valence-electron chi connectivity index (χ3n) is 3.64. The van der Waals surface area contributed by atoms with Crippen LogP contribution in [0.1, 0.15) is 20.7 Å². The van der Waals surface area contributed by atoms with E-state index in [-0.39, 0.29) is 90.0 Å². The van der Waals surface area contributed by atoms with E-state index >= 15 is 0 Å². The molecule has 6 nitrogen and oxygen atoms in total. The van der Waals surface area contributed by atoms with Crippen LogP contribution in [0.2, 0.25) is 5.02 Å². The van der Waals surface area contributed by atoms with Crippen molar-refractivity contribution in [1.82, 2.24) is 9.97 Å². The summed E-state index contributed by atoms with van der Waals surface area (Å²) in [6, 6.07) is 7.82. The van der Waals surface area contributed by atoms with Gasteiger partial charge in [-0.05, 0) is 36.4 Å². The quantitative estimate of drug-likeness (QED) is 0.637. The van der Waals surface area contributed by atoms with Crippen molar-refractivity contribution in [2.45, 2.75) is 0 Å². The summed E-state index contributed by atoms with van der Waals surface area (Å²) in [5.41, 5.74) is -0.767. The molecule has 0 unspecified atom stereocenters. The molecule has 132 valence electrons. The zero-order chi connectivity index (χ0) is 18.8. The molecule has 9 heteroatoms. The Morgan fingerprint density at radius 3 is 2.26 bits per heavy atom. The number of benzene rings is 1. The summed E-state index contributed by atoms with van der Waals surface area (Å²) in [6.45, 7) is 0. The fourth-order valence-corrected chi connectivity index (χ4v) is 2.71. The van der Waals surface area contributed by atoms with Crippen LogP contribution < -0.4 is 0 Å². The van der Waals surface area contributed by atoms with Crippen LogP contribution in [0.5, 0.6) is 0 Å². The minimum absolute atomic E-state index is 0. The molecule has 3 rings (SSSR count). The molecule has 0 amide bonds. The van der Waals surface area contributed by atoms with Crippen molar-refractivity contribution in [2.75, 3.05) is 0 Å². The summed E-state index contributed by atoms with van der Waals surface area (Å²) < 4.78 is 14.3. The molecule has 1 aromatic carbocycles. The summed E-state index contributed by atoms with van der Waals surface area (Å²) in [7, 11) is 0. The minimum atomic E-state index is -1.39. The average molecular weight is 413 g/mol. The van der Waals surface area contributed by atoms with E-state index < -0.39 is 17.8 Å². The van der Waals surface area contributed by atoms with Gasteiger partial charge < -0.3 is 10.2 Å². The fourth-order valence-electron chi connectivity index (χ4n) is 2.55. The third kappa shape index (κ3) is 4.42. The molecule has 2 aromatic heterocycles. The molecule has 0 aliphatic carbocycles. The van der Waals surface area contributed by atoms with Crippen LogP contribution in [0.3, 0.4) is 0 Å². The molecule has 0 radical (unpaired) electrons. The maximum absolute atomic E-state index is 14.3. The molecule has 0 spiro atoms. The molecule has 2 heterocycles. The predicted octanol–water partition coefficient (Wildman–Crippen LogP) is 3.35. The monoisotopic (exact) mass is 412 g/mol. The first-order valence-corrected chi connectivity index (χ1v) is 7.64. The van der Waals surface area contributed by atoms with E-state index in [2.05, 4.69) is 9.97 Å². The van der Waals surface area contributed by atoms with Gasteiger partial charge in [-0.3, -0.25) is 9.97 Å². The number of hydrogen-bond donors (Lipinski definition) is 2. The Balaban J connectivity index is 0.00000261. The summed E-state index contributed by atoms with van der Waals surface area (Å²) in [5, 5.41) is 19.2. The van der Waals surface area contributed by atoms with E-state index in [1.54, 1.807) is 0 Å². The first-order chi connectivity index (χ1) is 12.4. The van der Waals surface area contributed by atoms with Crippen LogP contribution in [0.4, 0.5) is 4.39 Å². The van der Waals surface area contributed by atoms with Gasteiger partial charge in [-0.1, -0.05) is 11.6 Å². The van der Waals surface area contributed by atoms with Crippen LogP contribution in [0.15, 0.2) is 48.8 Å². The van der Waals surface area contributed by atoms with Crippen molar-refractivity contribution < 1.29 is 24.2 Å². The third-order valence-corrected chi connectivity index (χ3v) is 3.88.